The first-order valence-electron chi connectivity index (χ1n) is 7.03. The summed E-state index contributed by atoms with van der Waals surface area (Å²) < 4.78 is 7.09. The molecule has 2 aromatic rings. The van der Waals surface area contributed by atoms with Crippen molar-refractivity contribution in [3.63, 3.8) is 0 Å². The van der Waals surface area contributed by atoms with Gasteiger partial charge in [-0.1, -0.05) is 43.7 Å². The van der Waals surface area contributed by atoms with E-state index in [1.54, 1.807) is 0 Å². The van der Waals surface area contributed by atoms with Gasteiger partial charge in [0.05, 0.1) is 12.7 Å². The molecule has 0 aliphatic carbocycles. The second-order valence-corrected chi connectivity index (χ2v) is 4.89. The van der Waals surface area contributed by atoms with Gasteiger partial charge in [0.15, 0.2) is 0 Å². The Labute approximate surface area is 120 Å². The lowest BCUT2D eigenvalue weighted by atomic mass is 10.1. The molecule has 3 nitrogen and oxygen atoms in total. The van der Waals surface area contributed by atoms with E-state index in [2.05, 4.69) is 23.6 Å². The summed E-state index contributed by atoms with van der Waals surface area (Å²) in [5.41, 5.74) is 3.84. The number of hydrogen-bond acceptors (Lipinski definition) is 2. The lowest BCUT2D eigenvalue weighted by Crippen LogP contribution is -2.06. The van der Waals surface area contributed by atoms with Crippen LogP contribution in [0.3, 0.4) is 0 Å². The minimum Gasteiger partial charge on any atom is -0.465 e. The summed E-state index contributed by atoms with van der Waals surface area (Å²) in [6.45, 7) is 5.07. The van der Waals surface area contributed by atoms with Crippen LogP contribution < -0.4 is 0 Å². The van der Waals surface area contributed by atoms with E-state index < -0.39 is 0 Å². The molecule has 1 aromatic heterocycles. The number of carbonyl (C=O) groups excluding carboxylic acids is 1. The number of benzene rings is 1. The molecule has 0 aliphatic heterocycles. The fourth-order valence-electron chi connectivity index (χ4n) is 2.41. The largest absolute Gasteiger partial charge is 0.465 e. The van der Waals surface area contributed by atoms with Crippen LogP contribution in [-0.2, 0) is 11.3 Å². The van der Waals surface area contributed by atoms with Gasteiger partial charge in [0, 0.05) is 17.9 Å². The van der Waals surface area contributed by atoms with Gasteiger partial charge in [-0.25, -0.2) is 4.79 Å². The summed E-state index contributed by atoms with van der Waals surface area (Å²) >= 11 is 0. The van der Waals surface area contributed by atoms with E-state index in [9.17, 15) is 4.79 Å². The molecule has 0 aliphatic rings. The minimum atomic E-state index is -0.269. The fourth-order valence-corrected chi connectivity index (χ4v) is 2.41. The number of nitrogens with zero attached hydrogens (tertiary/aromatic N) is 1. The molecular formula is C17H21NO2. The Hall–Kier alpha value is -2.03. The van der Waals surface area contributed by atoms with Crippen molar-refractivity contribution in [1.82, 2.24) is 4.57 Å². The molecule has 0 saturated heterocycles. The minimum absolute atomic E-state index is 0.269. The van der Waals surface area contributed by atoms with E-state index in [-0.39, 0.29) is 5.97 Å². The lowest BCUT2D eigenvalue weighted by Gasteiger charge is -2.11. The molecule has 3 heteroatoms. The molecule has 2 rings (SSSR count). The first-order valence-corrected chi connectivity index (χ1v) is 7.03. The van der Waals surface area contributed by atoms with Gasteiger partial charge in [-0.2, -0.15) is 0 Å². The van der Waals surface area contributed by atoms with Crippen LogP contribution in [0.2, 0.25) is 0 Å². The maximum Gasteiger partial charge on any atom is 0.339 e. The Bertz CT molecular complexity index is 585. The Balaban J connectivity index is 2.51. The van der Waals surface area contributed by atoms with Gasteiger partial charge in [0.25, 0.3) is 0 Å². The summed E-state index contributed by atoms with van der Waals surface area (Å²) in [5.74, 6) is -0.269. The predicted molar refractivity (Wildman–Crippen MR) is 80.9 cm³/mol. The molecule has 1 aromatic carbocycles. The smallest absolute Gasteiger partial charge is 0.339 e. The normalized spacial score (nSPS) is 10.6. The van der Waals surface area contributed by atoms with Gasteiger partial charge in [0.1, 0.15) is 0 Å². The molecule has 0 atom stereocenters. The second-order valence-electron chi connectivity index (χ2n) is 4.89. The standard InChI is InChI=1S/C17H21NO2/c1-4-5-11-18-13(2)15(17(19)20-3)12-16(18)14-9-7-6-8-10-14/h6-10,12H,4-5,11H2,1-3H3. The third-order valence-electron chi connectivity index (χ3n) is 3.58. The monoisotopic (exact) mass is 271 g/mol. The van der Waals surface area contributed by atoms with Gasteiger partial charge < -0.3 is 9.30 Å². The molecule has 0 spiro atoms. The number of rotatable bonds is 5. The molecule has 0 saturated carbocycles. The summed E-state index contributed by atoms with van der Waals surface area (Å²) in [7, 11) is 1.42. The van der Waals surface area contributed by atoms with Crippen LogP contribution in [-0.4, -0.2) is 17.6 Å². The molecule has 0 radical (unpaired) electrons. The Morgan fingerprint density at radius 3 is 2.55 bits per heavy atom. The van der Waals surface area contributed by atoms with Crippen molar-refractivity contribution in [1.29, 1.82) is 0 Å². The van der Waals surface area contributed by atoms with Crippen molar-refractivity contribution in [3.8, 4) is 11.3 Å². The van der Waals surface area contributed by atoms with E-state index in [0.717, 1.165) is 36.3 Å². The molecule has 0 fully saturated rings. The van der Waals surface area contributed by atoms with Crippen LogP contribution >= 0.6 is 0 Å². The second kappa shape index (κ2) is 6.42. The molecule has 0 unspecified atom stereocenters. The molecule has 0 amide bonds. The van der Waals surface area contributed by atoms with E-state index in [0.29, 0.717) is 5.56 Å². The van der Waals surface area contributed by atoms with E-state index >= 15 is 0 Å². The SMILES string of the molecule is CCCCn1c(-c2ccccc2)cc(C(=O)OC)c1C. The molecular weight excluding hydrogens is 250 g/mol. The first-order chi connectivity index (χ1) is 9.69. The summed E-state index contributed by atoms with van der Waals surface area (Å²) in [5, 5.41) is 0. The Morgan fingerprint density at radius 1 is 1.25 bits per heavy atom. The van der Waals surface area contributed by atoms with E-state index in [1.165, 1.54) is 7.11 Å². The summed E-state index contributed by atoms with van der Waals surface area (Å²) in [4.78, 5) is 11.9. The van der Waals surface area contributed by atoms with Crippen LogP contribution in [0.5, 0.6) is 0 Å². The Kier molecular flexibility index (Phi) is 4.61. The number of esters is 1. The number of ether oxygens (including phenoxy) is 1. The Morgan fingerprint density at radius 2 is 1.95 bits per heavy atom. The lowest BCUT2D eigenvalue weighted by molar-refractivity contribution is 0.0600. The highest BCUT2D eigenvalue weighted by molar-refractivity contribution is 5.92. The van der Waals surface area contributed by atoms with E-state index in [4.69, 9.17) is 4.74 Å². The predicted octanol–water partition coefficient (Wildman–Crippen LogP) is 4.05. The first kappa shape index (κ1) is 14.4. The van der Waals surface area contributed by atoms with Crippen LogP contribution in [0, 0.1) is 6.92 Å². The van der Waals surface area contributed by atoms with Gasteiger partial charge in [-0.05, 0) is 25.0 Å². The number of unbranched alkanes of at least 4 members (excludes halogenated alkanes) is 1. The number of carbonyl (C=O) groups is 1. The van der Waals surface area contributed by atoms with E-state index in [1.807, 2.05) is 31.2 Å². The van der Waals surface area contributed by atoms with Crippen molar-refractivity contribution >= 4 is 5.97 Å². The summed E-state index contributed by atoms with van der Waals surface area (Å²) in [6, 6.07) is 12.1. The highest BCUT2D eigenvalue weighted by Gasteiger charge is 2.18. The fraction of sp³-hybridized carbons (Fsp3) is 0.353. The van der Waals surface area contributed by atoms with Crippen LogP contribution in [0.1, 0.15) is 35.8 Å². The van der Waals surface area contributed by atoms with Gasteiger partial charge in [-0.3, -0.25) is 0 Å². The molecule has 0 N–H and O–H groups in total. The quantitative estimate of drug-likeness (QED) is 0.768. The van der Waals surface area contributed by atoms with Crippen molar-refractivity contribution in [2.45, 2.75) is 33.2 Å². The van der Waals surface area contributed by atoms with Crippen LogP contribution in [0.15, 0.2) is 36.4 Å². The average molecular weight is 271 g/mol. The van der Waals surface area contributed by atoms with Crippen LogP contribution in [0.4, 0.5) is 0 Å². The molecule has 0 bridgehead atoms. The van der Waals surface area contributed by atoms with Gasteiger partial charge in [0.2, 0.25) is 0 Å². The van der Waals surface area contributed by atoms with Gasteiger partial charge >= 0.3 is 5.97 Å². The molecule has 106 valence electrons. The van der Waals surface area contributed by atoms with Crippen molar-refractivity contribution in [2.75, 3.05) is 7.11 Å². The highest BCUT2D eigenvalue weighted by Crippen LogP contribution is 2.26. The van der Waals surface area contributed by atoms with Crippen LogP contribution in [0.25, 0.3) is 11.3 Å². The van der Waals surface area contributed by atoms with Crippen molar-refractivity contribution < 1.29 is 9.53 Å². The average Bonchev–Trinajstić information content (AvgIpc) is 2.82. The topological polar surface area (TPSA) is 31.2 Å². The van der Waals surface area contributed by atoms with Gasteiger partial charge in [-0.15, -0.1) is 0 Å². The maximum atomic E-state index is 11.9. The van der Waals surface area contributed by atoms with Crippen molar-refractivity contribution in [2.24, 2.45) is 0 Å². The summed E-state index contributed by atoms with van der Waals surface area (Å²) in [6.07, 6.45) is 2.22. The maximum absolute atomic E-state index is 11.9. The zero-order valence-corrected chi connectivity index (χ0v) is 12.3. The zero-order chi connectivity index (χ0) is 14.5. The molecule has 20 heavy (non-hydrogen) atoms. The third kappa shape index (κ3) is 2.77. The number of aromatic nitrogens is 1. The zero-order valence-electron chi connectivity index (χ0n) is 12.3. The highest BCUT2D eigenvalue weighted by atomic mass is 16.5. The third-order valence-corrected chi connectivity index (χ3v) is 3.58. The van der Waals surface area contributed by atoms with Crippen molar-refractivity contribution in [3.05, 3.63) is 47.7 Å². The molecule has 1 heterocycles. The number of hydrogen-bond donors (Lipinski definition) is 0. The number of methoxy groups -OCH3 is 1.